The second-order valence-electron chi connectivity index (χ2n) is 6.45. The van der Waals surface area contributed by atoms with Crippen LogP contribution in [0, 0.1) is 28.6 Å². The standard InChI is InChI=1S/C16H26N2O2/c17-12-16(8-4-1-5-9-16)15(20)18-10-13-6-2-3-7-14(13)11-19/h13-14,19H,1-11H2,(H,18,20). The molecule has 0 bridgehead atoms. The maximum Gasteiger partial charge on any atom is 0.240 e. The zero-order valence-corrected chi connectivity index (χ0v) is 12.2. The molecule has 112 valence electrons. The molecule has 2 saturated carbocycles. The summed E-state index contributed by atoms with van der Waals surface area (Å²) >= 11 is 0. The van der Waals surface area contributed by atoms with Gasteiger partial charge >= 0.3 is 0 Å². The minimum Gasteiger partial charge on any atom is -0.396 e. The van der Waals surface area contributed by atoms with E-state index in [4.69, 9.17) is 0 Å². The lowest BCUT2D eigenvalue weighted by Gasteiger charge is -2.33. The Hall–Kier alpha value is -1.08. The predicted octanol–water partition coefficient (Wildman–Crippen LogP) is 2.38. The molecule has 2 rings (SSSR count). The van der Waals surface area contributed by atoms with Gasteiger partial charge in [0.05, 0.1) is 6.07 Å². The summed E-state index contributed by atoms with van der Waals surface area (Å²) in [4.78, 5) is 12.4. The molecule has 1 amide bonds. The first kappa shape index (κ1) is 15.3. The average Bonchev–Trinajstić information content (AvgIpc) is 2.53. The van der Waals surface area contributed by atoms with Gasteiger partial charge in [-0.15, -0.1) is 0 Å². The van der Waals surface area contributed by atoms with Gasteiger partial charge in [0.15, 0.2) is 0 Å². The van der Waals surface area contributed by atoms with Gasteiger partial charge < -0.3 is 10.4 Å². The minimum atomic E-state index is -0.790. The van der Waals surface area contributed by atoms with Crippen LogP contribution in [0.15, 0.2) is 0 Å². The minimum absolute atomic E-state index is 0.0815. The Morgan fingerprint density at radius 1 is 1.15 bits per heavy atom. The third kappa shape index (κ3) is 3.32. The Balaban J connectivity index is 1.89. The number of amides is 1. The van der Waals surface area contributed by atoms with Gasteiger partial charge in [-0.25, -0.2) is 0 Å². The molecule has 0 spiro atoms. The van der Waals surface area contributed by atoms with E-state index in [0.717, 1.165) is 32.1 Å². The molecule has 2 N–H and O–H groups in total. The molecule has 2 fully saturated rings. The molecule has 2 atom stereocenters. The molecular formula is C16H26N2O2. The number of carbonyl (C=O) groups is 1. The van der Waals surface area contributed by atoms with Gasteiger partial charge in [0.25, 0.3) is 0 Å². The second kappa shape index (κ2) is 7.08. The first-order valence-corrected chi connectivity index (χ1v) is 8.02. The highest BCUT2D eigenvalue weighted by Crippen LogP contribution is 2.36. The Morgan fingerprint density at radius 3 is 2.40 bits per heavy atom. The highest BCUT2D eigenvalue weighted by atomic mass is 16.3. The van der Waals surface area contributed by atoms with Gasteiger partial charge in [-0.2, -0.15) is 5.26 Å². The van der Waals surface area contributed by atoms with Crippen molar-refractivity contribution in [1.82, 2.24) is 5.32 Å². The molecule has 4 nitrogen and oxygen atoms in total. The number of carbonyl (C=O) groups excluding carboxylic acids is 1. The van der Waals surface area contributed by atoms with E-state index in [1.807, 2.05) is 0 Å². The molecule has 20 heavy (non-hydrogen) atoms. The highest BCUT2D eigenvalue weighted by molar-refractivity contribution is 5.85. The molecule has 2 aliphatic rings. The van der Waals surface area contributed by atoms with Crippen molar-refractivity contribution >= 4 is 5.91 Å². The molecule has 0 saturated heterocycles. The van der Waals surface area contributed by atoms with Crippen LogP contribution in [0.25, 0.3) is 0 Å². The summed E-state index contributed by atoms with van der Waals surface area (Å²) < 4.78 is 0. The first-order valence-electron chi connectivity index (χ1n) is 8.02. The van der Waals surface area contributed by atoms with Gasteiger partial charge in [0.1, 0.15) is 5.41 Å². The van der Waals surface area contributed by atoms with Crippen molar-refractivity contribution in [3.8, 4) is 6.07 Å². The molecule has 0 aromatic rings. The van der Waals surface area contributed by atoms with E-state index in [1.54, 1.807) is 0 Å². The maximum atomic E-state index is 12.4. The van der Waals surface area contributed by atoms with E-state index in [9.17, 15) is 15.2 Å². The molecule has 0 radical (unpaired) electrons. The van der Waals surface area contributed by atoms with Crippen molar-refractivity contribution in [2.24, 2.45) is 17.3 Å². The van der Waals surface area contributed by atoms with Crippen LogP contribution in [0.3, 0.4) is 0 Å². The Morgan fingerprint density at radius 2 is 1.80 bits per heavy atom. The van der Waals surface area contributed by atoms with Gasteiger partial charge in [-0.3, -0.25) is 4.79 Å². The molecule has 0 aromatic heterocycles. The number of aliphatic hydroxyl groups is 1. The van der Waals surface area contributed by atoms with Crippen molar-refractivity contribution in [2.75, 3.05) is 13.2 Å². The molecular weight excluding hydrogens is 252 g/mol. The average molecular weight is 278 g/mol. The SMILES string of the molecule is N#CC1(C(=O)NCC2CCCCC2CO)CCCCC1. The lowest BCUT2D eigenvalue weighted by atomic mass is 9.74. The lowest BCUT2D eigenvalue weighted by molar-refractivity contribution is -0.130. The Kier molecular flexibility index (Phi) is 5.42. The van der Waals surface area contributed by atoms with Crippen molar-refractivity contribution < 1.29 is 9.90 Å². The summed E-state index contributed by atoms with van der Waals surface area (Å²) in [5, 5.41) is 21.8. The van der Waals surface area contributed by atoms with Crippen molar-refractivity contribution in [3.05, 3.63) is 0 Å². The molecule has 2 aliphatic carbocycles. The van der Waals surface area contributed by atoms with Crippen molar-refractivity contribution in [3.63, 3.8) is 0 Å². The highest BCUT2D eigenvalue weighted by Gasteiger charge is 2.40. The summed E-state index contributed by atoms with van der Waals surface area (Å²) in [6.07, 6.45) is 8.97. The smallest absolute Gasteiger partial charge is 0.240 e. The number of nitrogens with zero attached hydrogens (tertiary/aromatic N) is 1. The van der Waals surface area contributed by atoms with Gasteiger partial charge in [0, 0.05) is 13.2 Å². The predicted molar refractivity (Wildman–Crippen MR) is 76.7 cm³/mol. The monoisotopic (exact) mass is 278 g/mol. The quantitative estimate of drug-likeness (QED) is 0.829. The number of aliphatic hydroxyl groups excluding tert-OH is 1. The number of hydrogen-bond donors (Lipinski definition) is 2. The lowest BCUT2D eigenvalue weighted by Crippen LogP contribution is -2.44. The number of rotatable bonds is 4. The topological polar surface area (TPSA) is 73.1 Å². The van der Waals surface area contributed by atoms with Crippen LogP contribution in [0.4, 0.5) is 0 Å². The first-order chi connectivity index (χ1) is 9.72. The van der Waals surface area contributed by atoms with E-state index in [0.29, 0.717) is 31.2 Å². The summed E-state index contributed by atoms with van der Waals surface area (Å²) in [5.41, 5.74) is -0.790. The number of nitrogens with one attached hydrogen (secondary N) is 1. The summed E-state index contributed by atoms with van der Waals surface area (Å²) in [7, 11) is 0. The second-order valence-corrected chi connectivity index (χ2v) is 6.45. The van der Waals surface area contributed by atoms with E-state index < -0.39 is 5.41 Å². The van der Waals surface area contributed by atoms with Crippen molar-refractivity contribution in [1.29, 1.82) is 5.26 Å². The van der Waals surface area contributed by atoms with E-state index in [-0.39, 0.29) is 12.5 Å². The van der Waals surface area contributed by atoms with Crippen LogP contribution in [-0.4, -0.2) is 24.2 Å². The molecule has 0 aromatic carbocycles. The summed E-state index contributed by atoms with van der Waals surface area (Å²) in [5.74, 6) is 0.604. The van der Waals surface area contributed by atoms with E-state index >= 15 is 0 Å². The van der Waals surface area contributed by atoms with Gasteiger partial charge in [-0.1, -0.05) is 32.1 Å². The number of nitriles is 1. The normalized spacial score (nSPS) is 29.4. The fourth-order valence-corrected chi connectivity index (χ4v) is 3.73. The van der Waals surface area contributed by atoms with Crippen LogP contribution in [-0.2, 0) is 4.79 Å². The van der Waals surface area contributed by atoms with Crippen LogP contribution < -0.4 is 5.32 Å². The summed E-state index contributed by atoms with van der Waals surface area (Å²) in [6, 6.07) is 2.27. The fraction of sp³-hybridized carbons (Fsp3) is 0.875. The van der Waals surface area contributed by atoms with E-state index in [2.05, 4.69) is 11.4 Å². The zero-order valence-electron chi connectivity index (χ0n) is 12.2. The zero-order chi connectivity index (χ0) is 14.4. The number of hydrogen-bond acceptors (Lipinski definition) is 3. The Labute approximate surface area is 121 Å². The van der Waals surface area contributed by atoms with Gasteiger partial charge in [0.2, 0.25) is 5.91 Å². The molecule has 2 unspecified atom stereocenters. The summed E-state index contributed by atoms with van der Waals surface area (Å²) in [6.45, 7) is 0.831. The molecule has 0 heterocycles. The van der Waals surface area contributed by atoms with Crippen LogP contribution >= 0.6 is 0 Å². The maximum absolute atomic E-state index is 12.4. The third-order valence-electron chi connectivity index (χ3n) is 5.18. The molecule has 0 aliphatic heterocycles. The van der Waals surface area contributed by atoms with E-state index in [1.165, 1.54) is 12.8 Å². The van der Waals surface area contributed by atoms with Crippen LogP contribution in [0.5, 0.6) is 0 Å². The Bertz CT molecular complexity index is 369. The van der Waals surface area contributed by atoms with Crippen LogP contribution in [0.1, 0.15) is 57.8 Å². The molecule has 4 heteroatoms. The van der Waals surface area contributed by atoms with Crippen molar-refractivity contribution in [2.45, 2.75) is 57.8 Å². The largest absolute Gasteiger partial charge is 0.396 e. The fourth-order valence-electron chi connectivity index (χ4n) is 3.73. The van der Waals surface area contributed by atoms with Gasteiger partial charge in [-0.05, 0) is 37.5 Å². The van der Waals surface area contributed by atoms with Crippen LogP contribution in [0.2, 0.25) is 0 Å². The third-order valence-corrected chi connectivity index (χ3v) is 5.18.